The van der Waals surface area contributed by atoms with Gasteiger partial charge in [-0.3, -0.25) is 0 Å². The fourth-order valence-corrected chi connectivity index (χ4v) is 2.30. The van der Waals surface area contributed by atoms with Crippen molar-refractivity contribution in [2.24, 2.45) is 0 Å². The number of nitrogen functional groups attached to an aromatic ring is 1. The number of fused-ring (bicyclic) bond motifs is 1. The monoisotopic (exact) mass is 302 g/mol. The number of aromatic nitrogens is 3. The van der Waals surface area contributed by atoms with Crippen LogP contribution in [-0.2, 0) is 0 Å². The van der Waals surface area contributed by atoms with Crippen LogP contribution in [0.3, 0.4) is 0 Å². The molecule has 0 fully saturated rings. The van der Waals surface area contributed by atoms with Crippen molar-refractivity contribution in [3.63, 3.8) is 0 Å². The molecule has 3 aromatic rings. The van der Waals surface area contributed by atoms with Crippen molar-refractivity contribution in [1.82, 2.24) is 15.0 Å². The van der Waals surface area contributed by atoms with E-state index in [9.17, 15) is 0 Å². The third kappa shape index (κ3) is 1.76. The van der Waals surface area contributed by atoms with E-state index in [-0.39, 0.29) is 0 Å². The predicted octanol–water partition coefficient (Wildman–Crippen LogP) is 3.07. The van der Waals surface area contributed by atoms with Crippen LogP contribution in [-0.4, -0.2) is 15.0 Å². The van der Waals surface area contributed by atoms with Crippen molar-refractivity contribution in [1.29, 1.82) is 0 Å². The van der Waals surface area contributed by atoms with Crippen LogP contribution < -0.4 is 5.73 Å². The molecule has 4 nitrogen and oxygen atoms in total. The van der Waals surface area contributed by atoms with Gasteiger partial charge >= 0.3 is 0 Å². The first-order valence-electron chi connectivity index (χ1n) is 5.52. The number of hydrogen-bond acceptors (Lipinski definition) is 3. The normalized spacial score (nSPS) is 11.0. The quantitative estimate of drug-likeness (QED) is 0.751. The van der Waals surface area contributed by atoms with Crippen molar-refractivity contribution in [3.8, 4) is 5.69 Å². The van der Waals surface area contributed by atoms with E-state index in [0.29, 0.717) is 5.82 Å². The van der Waals surface area contributed by atoms with Gasteiger partial charge in [0.05, 0.1) is 11.4 Å². The third-order valence-electron chi connectivity index (χ3n) is 2.96. The maximum absolute atomic E-state index is 5.71. The Balaban J connectivity index is 2.19. The maximum atomic E-state index is 5.71. The zero-order valence-electron chi connectivity index (χ0n) is 9.76. The Morgan fingerprint density at radius 3 is 2.56 bits per heavy atom. The first kappa shape index (κ1) is 11.2. The van der Waals surface area contributed by atoms with Crippen molar-refractivity contribution in [2.75, 3.05) is 5.73 Å². The lowest BCUT2D eigenvalue weighted by Crippen LogP contribution is -1.99. The summed E-state index contributed by atoms with van der Waals surface area (Å²) in [6.45, 7) is 1.90. The van der Waals surface area contributed by atoms with Crippen LogP contribution in [0.5, 0.6) is 0 Å². The van der Waals surface area contributed by atoms with Gasteiger partial charge in [-0.25, -0.2) is 4.68 Å². The molecule has 1 heterocycles. The summed E-state index contributed by atoms with van der Waals surface area (Å²) in [6, 6.07) is 12.3. The Morgan fingerprint density at radius 2 is 1.83 bits per heavy atom. The molecule has 0 aliphatic heterocycles. The van der Waals surface area contributed by atoms with Gasteiger partial charge in [-0.1, -0.05) is 33.3 Å². The number of hydrogen-bond donors (Lipinski definition) is 1. The minimum Gasteiger partial charge on any atom is -0.381 e. The fraction of sp³-hybridized carbons (Fsp3) is 0.0769. The van der Waals surface area contributed by atoms with Crippen LogP contribution >= 0.6 is 15.9 Å². The minimum absolute atomic E-state index is 0.464. The number of rotatable bonds is 1. The number of benzene rings is 2. The van der Waals surface area contributed by atoms with Gasteiger partial charge in [0.1, 0.15) is 0 Å². The van der Waals surface area contributed by atoms with Gasteiger partial charge in [-0.15, -0.1) is 5.10 Å². The second-order valence-corrected chi connectivity index (χ2v) is 5.06. The molecule has 0 aliphatic rings. The molecule has 2 N–H and O–H groups in total. The number of nitrogens with zero attached hydrogens (tertiary/aromatic N) is 3. The van der Waals surface area contributed by atoms with Crippen LogP contribution in [0.15, 0.2) is 40.9 Å². The average molecular weight is 303 g/mol. The van der Waals surface area contributed by atoms with Gasteiger partial charge in [0.25, 0.3) is 0 Å². The van der Waals surface area contributed by atoms with E-state index in [1.54, 1.807) is 4.68 Å². The van der Waals surface area contributed by atoms with Crippen LogP contribution in [0, 0.1) is 6.92 Å². The molecule has 0 spiro atoms. The van der Waals surface area contributed by atoms with Crippen molar-refractivity contribution >= 4 is 32.5 Å². The number of nitrogens with two attached hydrogens (primary N) is 1. The predicted molar refractivity (Wildman–Crippen MR) is 75.7 cm³/mol. The van der Waals surface area contributed by atoms with Gasteiger partial charge in [-0.05, 0) is 42.0 Å². The lowest BCUT2D eigenvalue weighted by atomic mass is 10.1. The summed E-state index contributed by atoms with van der Waals surface area (Å²) >= 11 is 3.47. The molecule has 0 unspecified atom stereocenters. The van der Waals surface area contributed by atoms with Gasteiger partial charge in [0, 0.05) is 4.47 Å². The summed E-state index contributed by atoms with van der Waals surface area (Å²) in [6.07, 6.45) is 0. The van der Waals surface area contributed by atoms with Crippen LogP contribution in [0.2, 0.25) is 0 Å². The minimum atomic E-state index is 0.464. The Bertz CT molecular complexity index is 733. The second kappa shape index (κ2) is 4.10. The molecule has 0 atom stereocenters. The second-order valence-electron chi connectivity index (χ2n) is 4.15. The summed E-state index contributed by atoms with van der Waals surface area (Å²) in [5, 5.41) is 10.2. The van der Waals surface area contributed by atoms with E-state index in [1.165, 1.54) is 5.39 Å². The van der Waals surface area contributed by atoms with Crippen LogP contribution in [0.4, 0.5) is 5.82 Å². The molecule has 0 bridgehead atoms. The first-order chi connectivity index (χ1) is 8.65. The highest BCUT2D eigenvalue weighted by Crippen LogP contribution is 2.23. The molecule has 0 saturated heterocycles. The van der Waals surface area contributed by atoms with Crippen molar-refractivity contribution < 1.29 is 0 Å². The Labute approximate surface area is 113 Å². The Kier molecular flexibility index (Phi) is 2.56. The van der Waals surface area contributed by atoms with Gasteiger partial charge in [0.2, 0.25) is 0 Å². The Morgan fingerprint density at radius 1 is 1.11 bits per heavy atom. The molecule has 1 aromatic heterocycles. The smallest absolute Gasteiger partial charge is 0.169 e. The first-order valence-corrected chi connectivity index (χ1v) is 6.32. The summed E-state index contributed by atoms with van der Waals surface area (Å²) in [5.74, 6) is 0.464. The molecule has 0 aliphatic carbocycles. The van der Waals surface area contributed by atoms with Crippen molar-refractivity contribution in [3.05, 3.63) is 46.6 Å². The van der Waals surface area contributed by atoms with E-state index in [1.807, 2.05) is 19.1 Å². The third-order valence-corrected chi connectivity index (χ3v) is 3.45. The molecule has 0 amide bonds. The average Bonchev–Trinajstić information content (AvgIpc) is 2.69. The van der Waals surface area contributed by atoms with Gasteiger partial charge in [0.15, 0.2) is 5.82 Å². The van der Waals surface area contributed by atoms with E-state index in [2.05, 4.69) is 50.5 Å². The lowest BCUT2D eigenvalue weighted by molar-refractivity contribution is 0.786. The standard InChI is InChI=1S/C13H11BrN4/c1-8-13(15)16-17-18(8)12-5-3-9-6-11(14)4-2-10(9)7-12/h2-7H,15H2,1H3. The molecular weight excluding hydrogens is 292 g/mol. The highest BCUT2D eigenvalue weighted by atomic mass is 79.9. The molecule has 3 rings (SSSR count). The van der Waals surface area contributed by atoms with Gasteiger partial charge < -0.3 is 5.73 Å². The van der Waals surface area contributed by atoms with E-state index >= 15 is 0 Å². The van der Waals surface area contributed by atoms with E-state index in [0.717, 1.165) is 21.2 Å². The SMILES string of the molecule is Cc1c(N)nnn1-c1ccc2cc(Br)ccc2c1. The molecule has 5 heteroatoms. The number of halogens is 1. The summed E-state index contributed by atoms with van der Waals surface area (Å²) in [4.78, 5) is 0. The molecule has 0 saturated carbocycles. The molecule has 90 valence electrons. The van der Waals surface area contributed by atoms with Crippen molar-refractivity contribution in [2.45, 2.75) is 6.92 Å². The summed E-state index contributed by atoms with van der Waals surface area (Å²) < 4.78 is 2.82. The lowest BCUT2D eigenvalue weighted by Gasteiger charge is -2.05. The molecule has 18 heavy (non-hydrogen) atoms. The molecule has 2 aromatic carbocycles. The zero-order valence-corrected chi connectivity index (χ0v) is 11.3. The zero-order chi connectivity index (χ0) is 12.7. The number of anilines is 1. The molecule has 0 radical (unpaired) electrons. The Hall–Kier alpha value is -1.88. The van der Waals surface area contributed by atoms with Crippen LogP contribution in [0.25, 0.3) is 16.5 Å². The van der Waals surface area contributed by atoms with Crippen LogP contribution in [0.1, 0.15) is 5.69 Å². The van der Waals surface area contributed by atoms with E-state index < -0.39 is 0 Å². The van der Waals surface area contributed by atoms with Gasteiger partial charge in [-0.2, -0.15) is 0 Å². The highest BCUT2D eigenvalue weighted by molar-refractivity contribution is 9.10. The topological polar surface area (TPSA) is 56.7 Å². The fourth-order valence-electron chi connectivity index (χ4n) is 1.92. The largest absolute Gasteiger partial charge is 0.381 e. The van der Waals surface area contributed by atoms with E-state index in [4.69, 9.17) is 5.73 Å². The summed E-state index contributed by atoms with van der Waals surface area (Å²) in [5.41, 5.74) is 7.53. The summed E-state index contributed by atoms with van der Waals surface area (Å²) in [7, 11) is 0. The maximum Gasteiger partial charge on any atom is 0.169 e. The molecular formula is C13H11BrN4. The highest BCUT2D eigenvalue weighted by Gasteiger charge is 2.07.